The Morgan fingerprint density at radius 2 is 1.78 bits per heavy atom. The summed E-state index contributed by atoms with van der Waals surface area (Å²) >= 11 is 0. The fourth-order valence-corrected chi connectivity index (χ4v) is 3.51. The quantitative estimate of drug-likeness (QED) is 0.835. The number of ketones is 1. The zero-order chi connectivity index (χ0) is 13.1. The summed E-state index contributed by atoms with van der Waals surface area (Å²) in [5.74, 6) is 1.06. The topological polar surface area (TPSA) is 46.2 Å². The van der Waals surface area contributed by atoms with Crippen molar-refractivity contribution >= 4 is 11.7 Å². The number of nitrogens with one attached hydrogen (secondary N) is 1. The van der Waals surface area contributed by atoms with Gasteiger partial charge in [-0.1, -0.05) is 20.3 Å². The lowest BCUT2D eigenvalue weighted by atomic mass is 9.67. The molecule has 0 aliphatic heterocycles. The van der Waals surface area contributed by atoms with Crippen molar-refractivity contribution in [2.45, 2.75) is 64.8 Å². The van der Waals surface area contributed by atoms with Crippen LogP contribution in [0, 0.1) is 17.8 Å². The van der Waals surface area contributed by atoms with Crippen molar-refractivity contribution in [3.63, 3.8) is 0 Å². The van der Waals surface area contributed by atoms with Gasteiger partial charge < -0.3 is 5.32 Å². The third-order valence-electron chi connectivity index (χ3n) is 4.75. The number of carbonyl (C=O) groups is 2. The summed E-state index contributed by atoms with van der Waals surface area (Å²) in [4.78, 5) is 24.2. The standard InChI is InChI=1S/C15H25NO2/c1-3-13(4-2)16-15(18)12-8-10-6-5-7-11(9-12)14(10)17/h10-13H,3-9H2,1-2H3,(H,16,18)/t10-,11+,12?. The van der Waals surface area contributed by atoms with Gasteiger partial charge in [0.25, 0.3) is 0 Å². The van der Waals surface area contributed by atoms with Crippen molar-refractivity contribution in [1.82, 2.24) is 5.32 Å². The van der Waals surface area contributed by atoms with Crippen molar-refractivity contribution in [3.05, 3.63) is 0 Å². The second kappa shape index (κ2) is 5.85. The van der Waals surface area contributed by atoms with Gasteiger partial charge in [0.1, 0.15) is 5.78 Å². The number of hydrogen-bond donors (Lipinski definition) is 1. The minimum atomic E-state index is 0.0820. The monoisotopic (exact) mass is 251 g/mol. The molecule has 0 aromatic rings. The molecule has 1 unspecified atom stereocenters. The summed E-state index contributed by atoms with van der Waals surface area (Å²) in [5, 5.41) is 3.14. The van der Waals surface area contributed by atoms with Gasteiger partial charge in [-0.2, -0.15) is 0 Å². The summed E-state index contributed by atoms with van der Waals surface area (Å²) in [6.07, 6.45) is 6.74. The van der Waals surface area contributed by atoms with Gasteiger partial charge >= 0.3 is 0 Å². The van der Waals surface area contributed by atoms with Gasteiger partial charge in [-0.3, -0.25) is 9.59 Å². The van der Waals surface area contributed by atoms with Crippen LogP contribution >= 0.6 is 0 Å². The fraction of sp³-hybridized carbons (Fsp3) is 0.867. The van der Waals surface area contributed by atoms with E-state index in [2.05, 4.69) is 19.2 Å². The maximum Gasteiger partial charge on any atom is 0.223 e. The molecule has 2 bridgehead atoms. The van der Waals surface area contributed by atoms with E-state index in [1.165, 1.54) is 6.42 Å². The molecule has 0 radical (unpaired) electrons. The SMILES string of the molecule is CCC(CC)NC(=O)C1C[C@H]2CCC[C@@H](C1)C2=O. The number of carbonyl (C=O) groups excluding carboxylic acids is 2. The van der Waals surface area contributed by atoms with Crippen LogP contribution in [0.4, 0.5) is 0 Å². The van der Waals surface area contributed by atoms with Crippen molar-refractivity contribution in [2.75, 3.05) is 0 Å². The molecule has 1 amide bonds. The normalized spacial score (nSPS) is 31.5. The number of amides is 1. The summed E-state index contributed by atoms with van der Waals surface area (Å²) in [7, 11) is 0. The van der Waals surface area contributed by atoms with Crippen molar-refractivity contribution in [1.29, 1.82) is 0 Å². The summed E-state index contributed by atoms with van der Waals surface area (Å²) < 4.78 is 0. The Hall–Kier alpha value is -0.860. The molecule has 0 aromatic carbocycles. The number of rotatable bonds is 4. The van der Waals surface area contributed by atoms with E-state index in [4.69, 9.17) is 0 Å². The highest BCUT2D eigenvalue weighted by Gasteiger charge is 2.41. The Labute approximate surface area is 110 Å². The fourth-order valence-electron chi connectivity index (χ4n) is 3.51. The summed E-state index contributed by atoms with van der Waals surface area (Å²) in [5.41, 5.74) is 0. The van der Waals surface area contributed by atoms with Gasteiger partial charge in [-0.15, -0.1) is 0 Å². The van der Waals surface area contributed by atoms with Crippen LogP contribution in [0.5, 0.6) is 0 Å². The predicted molar refractivity (Wildman–Crippen MR) is 71.1 cm³/mol. The number of fused-ring (bicyclic) bond motifs is 2. The minimum absolute atomic E-state index is 0.0820. The minimum Gasteiger partial charge on any atom is -0.353 e. The van der Waals surface area contributed by atoms with E-state index in [0.29, 0.717) is 11.8 Å². The smallest absolute Gasteiger partial charge is 0.223 e. The van der Waals surface area contributed by atoms with Crippen LogP contribution in [-0.2, 0) is 9.59 Å². The molecule has 1 N–H and O–H groups in total. The number of Topliss-reactive ketones (excluding diaryl/α,β-unsaturated/α-hetero) is 1. The molecule has 3 nitrogen and oxygen atoms in total. The zero-order valence-electron chi connectivity index (χ0n) is 11.6. The first-order valence-electron chi connectivity index (χ1n) is 7.49. The van der Waals surface area contributed by atoms with E-state index in [1.807, 2.05) is 0 Å². The molecular weight excluding hydrogens is 226 g/mol. The first-order chi connectivity index (χ1) is 8.65. The Morgan fingerprint density at radius 1 is 1.22 bits per heavy atom. The molecule has 2 aliphatic rings. The van der Waals surface area contributed by atoms with Gasteiger partial charge in [-0.05, 0) is 38.5 Å². The lowest BCUT2D eigenvalue weighted by Crippen LogP contribution is -2.45. The lowest BCUT2D eigenvalue weighted by Gasteiger charge is -2.37. The Bertz CT molecular complexity index is 306. The van der Waals surface area contributed by atoms with Crippen LogP contribution in [0.25, 0.3) is 0 Å². The molecule has 2 aliphatic carbocycles. The van der Waals surface area contributed by atoms with E-state index in [0.717, 1.165) is 38.5 Å². The van der Waals surface area contributed by atoms with E-state index in [-0.39, 0.29) is 23.7 Å². The first-order valence-corrected chi connectivity index (χ1v) is 7.49. The van der Waals surface area contributed by atoms with Crippen molar-refractivity contribution < 1.29 is 9.59 Å². The number of hydrogen-bond acceptors (Lipinski definition) is 2. The van der Waals surface area contributed by atoms with Crippen LogP contribution in [0.2, 0.25) is 0 Å². The Morgan fingerprint density at radius 3 is 2.28 bits per heavy atom. The molecule has 102 valence electrons. The molecule has 3 heteroatoms. The maximum atomic E-state index is 12.2. The third-order valence-corrected chi connectivity index (χ3v) is 4.75. The maximum absolute atomic E-state index is 12.2. The van der Waals surface area contributed by atoms with Crippen molar-refractivity contribution in [3.8, 4) is 0 Å². The van der Waals surface area contributed by atoms with Gasteiger partial charge in [0.2, 0.25) is 5.91 Å². The predicted octanol–water partition coefficient (Wildman–Crippen LogP) is 2.69. The first kappa shape index (κ1) is 13.6. The molecule has 2 saturated carbocycles. The third kappa shape index (κ3) is 2.76. The Balaban J connectivity index is 1.94. The van der Waals surface area contributed by atoms with Crippen LogP contribution in [-0.4, -0.2) is 17.7 Å². The van der Waals surface area contributed by atoms with E-state index in [1.54, 1.807) is 0 Å². The Kier molecular flexibility index (Phi) is 4.41. The molecular formula is C15H25NO2. The average Bonchev–Trinajstić information content (AvgIpc) is 2.35. The molecule has 3 atom stereocenters. The summed E-state index contributed by atoms with van der Waals surface area (Å²) in [6.45, 7) is 4.21. The highest BCUT2D eigenvalue weighted by atomic mass is 16.2. The molecule has 2 rings (SSSR count). The van der Waals surface area contributed by atoms with Gasteiger partial charge in [0.15, 0.2) is 0 Å². The molecule has 0 saturated heterocycles. The van der Waals surface area contributed by atoms with Crippen molar-refractivity contribution in [2.24, 2.45) is 17.8 Å². The molecule has 0 spiro atoms. The second-order valence-electron chi connectivity index (χ2n) is 5.92. The molecule has 0 heterocycles. The highest BCUT2D eigenvalue weighted by molar-refractivity contribution is 5.88. The molecule has 0 aromatic heterocycles. The van der Waals surface area contributed by atoms with Crippen LogP contribution in [0.3, 0.4) is 0 Å². The van der Waals surface area contributed by atoms with E-state index in [9.17, 15) is 9.59 Å². The molecule has 18 heavy (non-hydrogen) atoms. The average molecular weight is 251 g/mol. The van der Waals surface area contributed by atoms with E-state index >= 15 is 0 Å². The largest absolute Gasteiger partial charge is 0.353 e. The summed E-state index contributed by atoms with van der Waals surface area (Å²) in [6, 6.07) is 0.301. The second-order valence-corrected chi connectivity index (χ2v) is 5.92. The lowest BCUT2D eigenvalue weighted by molar-refractivity contribution is -0.137. The zero-order valence-corrected chi connectivity index (χ0v) is 11.6. The van der Waals surface area contributed by atoms with Crippen LogP contribution in [0.15, 0.2) is 0 Å². The highest BCUT2D eigenvalue weighted by Crippen LogP contribution is 2.40. The van der Waals surface area contributed by atoms with Crippen LogP contribution < -0.4 is 5.32 Å². The van der Waals surface area contributed by atoms with E-state index < -0.39 is 0 Å². The van der Waals surface area contributed by atoms with Gasteiger partial charge in [0.05, 0.1) is 0 Å². The van der Waals surface area contributed by atoms with Gasteiger partial charge in [-0.25, -0.2) is 0 Å². The van der Waals surface area contributed by atoms with Crippen LogP contribution in [0.1, 0.15) is 58.8 Å². The van der Waals surface area contributed by atoms with Gasteiger partial charge in [0, 0.05) is 23.8 Å². The molecule has 2 fully saturated rings.